The second-order valence-electron chi connectivity index (χ2n) is 7.02. The number of hydrogen-bond acceptors (Lipinski definition) is 6. The van der Waals surface area contributed by atoms with E-state index in [1.54, 1.807) is 48.8 Å². The summed E-state index contributed by atoms with van der Waals surface area (Å²) >= 11 is 0. The van der Waals surface area contributed by atoms with Crippen LogP contribution >= 0.6 is 0 Å². The van der Waals surface area contributed by atoms with Crippen LogP contribution in [-0.2, 0) is 16.0 Å². The summed E-state index contributed by atoms with van der Waals surface area (Å²) in [5, 5.41) is 9.57. The van der Waals surface area contributed by atoms with Crippen molar-refractivity contribution in [1.82, 2.24) is 15.1 Å². The standard InChI is InChI=1S/C21H23N5O3/c1-14(2)13-19(28)24-17-5-3-16(4-6-17)23-18(27)7-8-20-25-21(26-29-20)15-9-11-22-12-10-15/h3-6,9-12,14H,7-8,13H2,1-2H3,(H,23,27)(H,24,28). The van der Waals surface area contributed by atoms with Gasteiger partial charge in [-0.25, -0.2) is 0 Å². The third-order valence-corrected chi connectivity index (χ3v) is 4.02. The summed E-state index contributed by atoms with van der Waals surface area (Å²) in [6, 6.07) is 10.6. The van der Waals surface area contributed by atoms with E-state index in [2.05, 4.69) is 25.8 Å². The van der Waals surface area contributed by atoms with Crippen LogP contribution in [0.1, 0.15) is 32.6 Å². The van der Waals surface area contributed by atoms with Crippen molar-refractivity contribution in [2.24, 2.45) is 5.92 Å². The number of carbonyl (C=O) groups is 2. The van der Waals surface area contributed by atoms with Crippen molar-refractivity contribution in [3.8, 4) is 11.4 Å². The van der Waals surface area contributed by atoms with Crippen molar-refractivity contribution in [1.29, 1.82) is 0 Å². The van der Waals surface area contributed by atoms with Gasteiger partial charge in [-0.15, -0.1) is 0 Å². The fourth-order valence-corrected chi connectivity index (χ4v) is 2.64. The van der Waals surface area contributed by atoms with E-state index in [1.807, 2.05) is 13.8 Å². The molecule has 2 aromatic heterocycles. The molecule has 29 heavy (non-hydrogen) atoms. The van der Waals surface area contributed by atoms with Crippen LogP contribution < -0.4 is 10.6 Å². The molecule has 0 aliphatic carbocycles. The zero-order valence-corrected chi connectivity index (χ0v) is 16.4. The van der Waals surface area contributed by atoms with Crippen LogP contribution in [0.15, 0.2) is 53.3 Å². The van der Waals surface area contributed by atoms with Crippen LogP contribution in [0.3, 0.4) is 0 Å². The summed E-state index contributed by atoms with van der Waals surface area (Å²) in [6.07, 6.45) is 4.33. The summed E-state index contributed by atoms with van der Waals surface area (Å²) in [6.45, 7) is 3.99. The van der Waals surface area contributed by atoms with Crippen LogP contribution in [0.2, 0.25) is 0 Å². The molecule has 1 aromatic carbocycles. The number of benzene rings is 1. The smallest absolute Gasteiger partial charge is 0.227 e. The van der Waals surface area contributed by atoms with E-state index in [9.17, 15) is 9.59 Å². The second-order valence-corrected chi connectivity index (χ2v) is 7.02. The van der Waals surface area contributed by atoms with Crippen LogP contribution in [0, 0.1) is 5.92 Å². The number of carbonyl (C=O) groups excluding carboxylic acids is 2. The Morgan fingerprint density at radius 3 is 2.21 bits per heavy atom. The van der Waals surface area contributed by atoms with E-state index in [-0.39, 0.29) is 18.2 Å². The molecule has 2 N–H and O–H groups in total. The molecule has 0 spiro atoms. The maximum absolute atomic E-state index is 12.2. The normalized spacial score (nSPS) is 10.7. The minimum absolute atomic E-state index is 0.0255. The first-order valence-electron chi connectivity index (χ1n) is 9.42. The van der Waals surface area contributed by atoms with Gasteiger partial charge in [-0.05, 0) is 42.3 Å². The van der Waals surface area contributed by atoms with E-state index >= 15 is 0 Å². The van der Waals surface area contributed by atoms with Gasteiger partial charge < -0.3 is 15.2 Å². The summed E-state index contributed by atoms with van der Waals surface area (Å²) in [4.78, 5) is 32.2. The fourth-order valence-electron chi connectivity index (χ4n) is 2.64. The third-order valence-electron chi connectivity index (χ3n) is 4.02. The molecule has 150 valence electrons. The molecule has 0 aliphatic rings. The van der Waals surface area contributed by atoms with E-state index in [4.69, 9.17) is 4.52 Å². The minimum atomic E-state index is -0.162. The predicted octanol–water partition coefficient (Wildman–Crippen LogP) is 3.69. The van der Waals surface area contributed by atoms with Crippen molar-refractivity contribution < 1.29 is 14.1 Å². The highest BCUT2D eigenvalue weighted by molar-refractivity contribution is 5.93. The number of nitrogens with one attached hydrogen (secondary N) is 2. The molecular weight excluding hydrogens is 370 g/mol. The summed E-state index contributed by atoms with van der Waals surface area (Å²) in [7, 11) is 0. The van der Waals surface area contributed by atoms with Crippen LogP contribution in [0.4, 0.5) is 11.4 Å². The molecule has 2 amide bonds. The Kier molecular flexibility index (Phi) is 6.67. The Bertz CT molecular complexity index is 952. The third kappa shape index (κ3) is 6.24. The lowest BCUT2D eigenvalue weighted by Crippen LogP contribution is -2.14. The molecule has 0 saturated heterocycles. The SMILES string of the molecule is CC(C)CC(=O)Nc1ccc(NC(=O)CCc2nc(-c3ccncc3)no2)cc1. The quantitative estimate of drug-likeness (QED) is 0.604. The molecule has 8 heteroatoms. The Labute approximate surface area is 168 Å². The maximum atomic E-state index is 12.2. The van der Waals surface area contributed by atoms with E-state index in [1.165, 1.54) is 0 Å². The van der Waals surface area contributed by atoms with Gasteiger partial charge in [0.05, 0.1) is 0 Å². The molecule has 0 aliphatic heterocycles. The molecule has 0 unspecified atom stereocenters. The monoisotopic (exact) mass is 393 g/mol. The Balaban J connectivity index is 1.47. The highest BCUT2D eigenvalue weighted by Crippen LogP contribution is 2.16. The van der Waals surface area contributed by atoms with Crippen LogP contribution in [0.25, 0.3) is 11.4 Å². The molecule has 0 saturated carbocycles. The molecule has 3 rings (SSSR count). The van der Waals surface area contributed by atoms with Gasteiger partial charge in [0.1, 0.15) is 0 Å². The lowest BCUT2D eigenvalue weighted by atomic mass is 10.1. The van der Waals surface area contributed by atoms with Gasteiger partial charge in [0.15, 0.2) is 0 Å². The van der Waals surface area contributed by atoms with Gasteiger partial charge in [0, 0.05) is 48.6 Å². The number of amides is 2. The van der Waals surface area contributed by atoms with Crippen molar-refractivity contribution >= 4 is 23.2 Å². The summed E-state index contributed by atoms with van der Waals surface area (Å²) < 4.78 is 5.20. The molecule has 0 radical (unpaired) electrons. The molecule has 3 aromatic rings. The van der Waals surface area contributed by atoms with Crippen molar-refractivity contribution in [2.45, 2.75) is 33.1 Å². The predicted molar refractivity (Wildman–Crippen MR) is 109 cm³/mol. The lowest BCUT2D eigenvalue weighted by molar-refractivity contribution is -0.117. The van der Waals surface area contributed by atoms with E-state index in [0.717, 1.165) is 5.56 Å². The van der Waals surface area contributed by atoms with Gasteiger partial charge in [-0.2, -0.15) is 4.98 Å². The Morgan fingerprint density at radius 1 is 0.966 bits per heavy atom. The zero-order valence-electron chi connectivity index (χ0n) is 16.4. The summed E-state index contributed by atoms with van der Waals surface area (Å²) in [5.41, 5.74) is 2.16. The van der Waals surface area contributed by atoms with Gasteiger partial charge in [0.2, 0.25) is 23.5 Å². The first kappa shape index (κ1) is 20.2. The topological polar surface area (TPSA) is 110 Å². The average Bonchev–Trinajstić information content (AvgIpc) is 3.17. The zero-order chi connectivity index (χ0) is 20.6. The number of rotatable bonds is 8. The van der Waals surface area contributed by atoms with Crippen molar-refractivity contribution in [3.05, 3.63) is 54.7 Å². The largest absolute Gasteiger partial charge is 0.339 e. The molecular formula is C21H23N5O3. The number of aromatic nitrogens is 3. The van der Waals surface area contributed by atoms with Crippen molar-refractivity contribution in [3.63, 3.8) is 0 Å². The highest BCUT2D eigenvalue weighted by Gasteiger charge is 2.11. The lowest BCUT2D eigenvalue weighted by Gasteiger charge is -2.09. The first-order valence-corrected chi connectivity index (χ1v) is 9.42. The molecule has 8 nitrogen and oxygen atoms in total. The summed E-state index contributed by atoms with van der Waals surface area (Å²) in [5.74, 6) is 0.981. The fraction of sp³-hybridized carbons (Fsp3) is 0.286. The van der Waals surface area contributed by atoms with Crippen LogP contribution in [-0.4, -0.2) is 26.9 Å². The van der Waals surface area contributed by atoms with E-state index in [0.29, 0.717) is 41.8 Å². The number of anilines is 2. The van der Waals surface area contributed by atoms with E-state index < -0.39 is 0 Å². The highest BCUT2D eigenvalue weighted by atomic mass is 16.5. The van der Waals surface area contributed by atoms with Gasteiger partial charge in [-0.3, -0.25) is 14.6 Å². The van der Waals surface area contributed by atoms with Gasteiger partial charge >= 0.3 is 0 Å². The minimum Gasteiger partial charge on any atom is -0.339 e. The van der Waals surface area contributed by atoms with Gasteiger partial charge in [0.25, 0.3) is 0 Å². The first-order chi connectivity index (χ1) is 14.0. The molecule has 0 atom stereocenters. The Hall–Kier alpha value is -3.55. The van der Waals surface area contributed by atoms with Crippen LogP contribution in [0.5, 0.6) is 0 Å². The number of hydrogen-bond donors (Lipinski definition) is 2. The second kappa shape index (κ2) is 9.59. The van der Waals surface area contributed by atoms with Gasteiger partial charge in [-0.1, -0.05) is 19.0 Å². The maximum Gasteiger partial charge on any atom is 0.227 e. The molecule has 0 bridgehead atoms. The number of aryl methyl sites for hydroxylation is 1. The average molecular weight is 393 g/mol. The number of pyridine rings is 1. The Morgan fingerprint density at radius 2 is 1.59 bits per heavy atom. The molecule has 2 heterocycles. The number of nitrogens with zero attached hydrogens (tertiary/aromatic N) is 3. The van der Waals surface area contributed by atoms with Crippen molar-refractivity contribution in [2.75, 3.05) is 10.6 Å². The molecule has 0 fully saturated rings.